The van der Waals surface area contributed by atoms with Gasteiger partial charge in [0.05, 0.1) is 17.1 Å². The molecule has 0 saturated heterocycles. The molecule has 0 bridgehead atoms. The smallest absolute Gasteiger partial charge is 0.416 e. The highest BCUT2D eigenvalue weighted by Crippen LogP contribution is 2.33. The van der Waals surface area contributed by atoms with Crippen molar-refractivity contribution in [3.63, 3.8) is 0 Å². The maximum absolute atomic E-state index is 13.3. The van der Waals surface area contributed by atoms with Crippen LogP contribution < -0.4 is 9.46 Å². The Kier molecular flexibility index (Phi) is 8.94. The van der Waals surface area contributed by atoms with E-state index in [1.165, 1.54) is 6.07 Å². The first-order valence-electron chi connectivity index (χ1n) is 12.7. The number of aryl methyl sites for hydroxylation is 2. The number of sulfonamides is 1. The number of alkyl halides is 3. The fourth-order valence-electron chi connectivity index (χ4n) is 4.23. The molecule has 0 spiro atoms. The third kappa shape index (κ3) is 7.09. The summed E-state index contributed by atoms with van der Waals surface area (Å²) in [5.41, 5.74) is 2.21. The maximum atomic E-state index is 13.3. The van der Waals surface area contributed by atoms with Crippen LogP contribution in [0.1, 0.15) is 40.4 Å². The Morgan fingerprint density at radius 3 is 2.30 bits per heavy atom. The summed E-state index contributed by atoms with van der Waals surface area (Å²) in [4.78, 5) is 12.6. The molecule has 0 aliphatic rings. The second kappa shape index (κ2) is 12.4. The highest BCUT2D eigenvalue weighted by atomic mass is 32.2. The summed E-state index contributed by atoms with van der Waals surface area (Å²) in [7, 11) is -4.57. The Balaban J connectivity index is 1.69. The summed E-state index contributed by atoms with van der Waals surface area (Å²) in [6.07, 6.45) is -2.90. The molecule has 0 heterocycles. The lowest BCUT2D eigenvalue weighted by atomic mass is 9.94. The van der Waals surface area contributed by atoms with Crippen LogP contribution in [0.15, 0.2) is 102 Å². The predicted octanol–water partition coefficient (Wildman–Crippen LogP) is 7.07. The molecule has 0 atom stereocenters. The number of ether oxygens (including phenoxy) is 1. The summed E-state index contributed by atoms with van der Waals surface area (Å²) in [5.74, 6) is -0.245. The van der Waals surface area contributed by atoms with Gasteiger partial charge in [0, 0.05) is 11.1 Å². The highest BCUT2D eigenvalue weighted by Gasteiger charge is 2.32. The summed E-state index contributed by atoms with van der Waals surface area (Å²) >= 11 is 0. The van der Waals surface area contributed by atoms with E-state index in [9.17, 15) is 26.4 Å². The molecular weight excluding hydrogens is 539 g/mol. The average molecular weight is 568 g/mol. The third-order valence-corrected chi connectivity index (χ3v) is 7.56. The molecule has 1 N–H and O–H groups in total. The Hall–Kier alpha value is -4.11. The van der Waals surface area contributed by atoms with Gasteiger partial charge in [-0.2, -0.15) is 13.2 Å². The van der Waals surface area contributed by atoms with E-state index >= 15 is 0 Å². The lowest BCUT2D eigenvalue weighted by Crippen LogP contribution is -2.31. The van der Waals surface area contributed by atoms with Crippen LogP contribution in [-0.2, 0) is 29.0 Å². The van der Waals surface area contributed by atoms with Crippen molar-refractivity contribution in [1.29, 1.82) is 0 Å². The number of halogens is 3. The van der Waals surface area contributed by atoms with Gasteiger partial charge in [0.25, 0.3) is 15.9 Å². The van der Waals surface area contributed by atoms with E-state index < -0.39 is 32.6 Å². The molecule has 0 unspecified atom stereocenters. The van der Waals surface area contributed by atoms with Gasteiger partial charge >= 0.3 is 6.18 Å². The molecule has 4 aromatic rings. The van der Waals surface area contributed by atoms with Gasteiger partial charge in [0.1, 0.15) is 5.75 Å². The van der Waals surface area contributed by atoms with Crippen LogP contribution in [0.3, 0.4) is 0 Å². The summed E-state index contributed by atoms with van der Waals surface area (Å²) < 4.78 is 73.1. The molecule has 0 fully saturated rings. The molecule has 0 radical (unpaired) electrons. The normalized spacial score (nSPS) is 11.7. The molecule has 208 valence electrons. The molecule has 4 aromatic carbocycles. The van der Waals surface area contributed by atoms with E-state index in [1.807, 2.05) is 72.3 Å². The van der Waals surface area contributed by atoms with Gasteiger partial charge < -0.3 is 4.74 Å². The number of carbonyl (C=O) groups is 1. The Bertz CT molecular complexity index is 1590. The summed E-state index contributed by atoms with van der Waals surface area (Å²) in [6.45, 7) is 2.54. The average Bonchev–Trinajstić information content (AvgIpc) is 2.95. The second-order valence-electron chi connectivity index (χ2n) is 9.16. The maximum Gasteiger partial charge on any atom is 0.416 e. The van der Waals surface area contributed by atoms with Gasteiger partial charge in [0.15, 0.2) is 0 Å². The minimum absolute atomic E-state index is 0.113. The van der Waals surface area contributed by atoms with Crippen LogP contribution in [-0.4, -0.2) is 20.9 Å². The van der Waals surface area contributed by atoms with Crippen molar-refractivity contribution in [3.05, 3.63) is 119 Å². The largest absolute Gasteiger partial charge is 0.493 e. The van der Waals surface area contributed by atoms with Crippen molar-refractivity contribution in [2.75, 3.05) is 6.61 Å². The molecule has 40 heavy (non-hydrogen) atoms. The van der Waals surface area contributed by atoms with Gasteiger partial charge in [-0.25, -0.2) is 13.1 Å². The zero-order valence-corrected chi connectivity index (χ0v) is 22.6. The van der Waals surface area contributed by atoms with E-state index in [0.29, 0.717) is 36.8 Å². The molecule has 0 aliphatic heterocycles. The van der Waals surface area contributed by atoms with Gasteiger partial charge in [-0.05, 0) is 66.3 Å². The van der Waals surface area contributed by atoms with Crippen LogP contribution in [0, 0.1) is 0 Å². The zero-order chi connectivity index (χ0) is 28.8. The summed E-state index contributed by atoms with van der Waals surface area (Å²) in [5, 5.41) is 0. The fraction of sp³-hybridized carbons (Fsp3) is 0.194. The Morgan fingerprint density at radius 2 is 1.57 bits per heavy atom. The predicted molar refractivity (Wildman–Crippen MR) is 148 cm³/mol. The molecule has 4 rings (SSSR count). The van der Waals surface area contributed by atoms with Crippen molar-refractivity contribution in [1.82, 2.24) is 4.72 Å². The van der Waals surface area contributed by atoms with E-state index in [2.05, 4.69) is 0 Å². The van der Waals surface area contributed by atoms with Crippen molar-refractivity contribution < 1.29 is 31.1 Å². The van der Waals surface area contributed by atoms with E-state index in [0.717, 1.165) is 41.3 Å². The van der Waals surface area contributed by atoms with E-state index in [4.69, 9.17) is 4.74 Å². The topological polar surface area (TPSA) is 72.5 Å². The van der Waals surface area contributed by atoms with Crippen LogP contribution in [0.4, 0.5) is 13.2 Å². The highest BCUT2D eigenvalue weighted by molar-refractivity contribution is 7.90. The van der Waals surface area contributed by atoms with Gasteiger partial charge in [-0.3, -0.25) is 4.79 Å². The fourth-order valence-corrected chi connectivity index (χ4v) is 5.24. The molecule has 9 heteroatoms. The lowest BCUT2D eigenvalue weighted by Gasteiger charge is -2.15. The van der Waals surface area contributed by atoms with E-state index in [-0.39, 0.29) is 5.56 Å². The van der Waals surface area contributed by atoms with Crippen molar-refractivity contribution >= 4 is 15.9 Å². The van der Waals surface area contributed by atoms with Crippen LogP contribution >= 0.6 is 0 Å². The number of rotatable bonds is 10. The number of hydrogen-bond acceptors (Lipinski definition) is 4. The van der Waals surface area contributed by atoms with E-state index in [1.54, 1.807) is 6.07 Å². The molecule has 0 saturated carbocycles. The zero-order valence-electron chi connectivity index (χ0n) is 21.7. The van der Waals surface area contributed by atoms with Crippen molar-refractivity contribution in [3.8, 4) is 16.9 Å². The van der Waals surface area contributed by atoms with Gasteiger partial charge in [-0.1, -0.05) is 73.7 Å². The Morgan fingerprint density at radius 1 is 0.850 bits per heavy atom. The Labute approximate surface area is 231 Å². The van der Waals surface area contributed by atoms with Crippen molar-refractivity contribution in [2.45, 2.75) is 37.3 Å². The molecule has 5 nitrogen and oxygen atoms in total. The number of carbonyl (C=O) groups excluding carboxylic acids is 1. The number of benzene rings is 4. The number of para-hydroxylation sites is 1. The minimum Gasteiger partial charge on any atom is -0.493 e. The molecular formula is C31H28F3NO4S. The first-order chi connectivity index (χ1) is 19.1. The number of amides is 1. The minimum atomic E-state index is -4.73. The molecule has 0 aliphatic carbocycles. The van der Waals surface area contributed by atoms with Crippen LogP contribution in [0.2, 0.25) is 0 Å². The van der Waals surface area contributed by atoms with Gasteiger partial charge in [-0.15, -0.1) is 0 Å². The third-order valence-electron chi connectivity index (χ3n) is 6.23. The first kappa shape index (κ1) is 28.9. The van der Waals surface area contributed by atoms with Crippen molar-refractivity contribution in [2.24, 2.45) is 0 Å². The first-order valence-corrected chi connectivity index (χ1v) is 14.2. The SMILES string of the molecule is CCCOc1ccccc1-c1ccc(C(=O)NS(=O)(=O)c2cccc(C(F)(F)F)c2)c(CCc2ccccc2)c1. The quantitative estimate of drug-likeness (QED) is 0.223. The van der Waals surface area contributed by atoms with Crippen LogP contribution in [0.5, 0.6) is 5.75 Å². The standard InChI is InChI=1S/C31H28F3NO4S/c1-2-19-39-29-14-7-6-13-27(29)23-17-18-28(24(20-23)16-15-22-9-4-3-5-10-22)30(36)35-40(37,38)26-12-8-11-25(21-26)31(32,33)34/h3-14,17-18,20-21H,2,15-16,19H2,1H3,(H,35,36). The molecule has 1 amide bonds. The monoisotopic (exact) mass is 567 g/mol. The van der Waals surface area contributed by atoms with Crippen LogP contribution in [0.25, 0.3) is 11.1 Å². The molecule has 0 aromatic heterocycles. The van der Waals surface area contributed by atoms with Gasteiger partial charge in [0.2, 0.25) is 0 Å². The summed E-state index contributed by atoms with van der Waals surface area (Å²) in [6, 6.07) is 25.4. The second-order valence-corrected chi connectivity index (χ2v) is 10.8. The number of hydrogen-bond donors (Lipinski definition) is 1. The number of nitrogens with one attached hydrogen (secondary N) is 1. The lowest BCUT2D eigenvalue weighted by molar-refractivity contribution is -0.137.